The minimum absolute atomic E-state index is 0.230. The number of hydrogen-bond acceptors (Lipinski definition) is 4. The molecule has 0 aliphatic carbocycles. The van der Waals surface area contributed by atoms with E-state index in [4.69, 9.17) is 21.1 Å². The molecule has 1 aliphatic heterocycles. The maximum absolute atomic E-state index is 12.5. The van der Waals surface area contributed by atoms with Crippen molar-refractivity contribution in [3.63, 3.8) is 0 Å². The number of benzene rings is 2. The molecule has 2 aromatic carbocycles. The Morgan fingerprint density at radius 1 is 1.26 bits per heavy atom. The fraction of sp³-hybridized carbons (Fsp3) is 0.333. The van der Waals surface area contributed by atoms with Crippen LogP contribution < -0.4 is 4.74 Å². The lowest BCUT2D eigenvalue weighted by molar-refractivity contribution is -0.163. The van der Waals surface area contributed by atoms with Crippen molar-refractivity contribution in [2.24, 2.45) is 5.92 Å². The van der Waals surface area contributed by atoms with E-state index in [2.05, 4.69) is 0 Å². The highest BCUT2D eigenvalue weighted by atomic mass is 35.5. The van der Waals surface area contributed by atoms with Gasteiger partial charge in [0, 0.05) is 18.6 Å². The van der Waals surface area contributed by atoms with Crippen molar-refractivity contribution in [1.82, 2.24) is 4.90 Å². The number of nitrogens with zero attached hydrogens (tertiary/aromatic N) is 1. The molecular formula is C21H22ClNO4. The first-order valence-corrected chi connectivity index (χ1v) is 9.22. The van der Waals surface area contributed by atoms with E-state index in [0.29, 0.717) is 18.0 Å². The quantitative estimate of drug-likeness (QED) is 0.737. The fourth-order valence-corrected chi connectivity index (χ4v) is 3.28. The Hall–Kier alpha value is -2.53. The summed E-state index contributed by atoms with van der Waals surface area (Å²) in [7, 11) is 1.70. The molecular weight excluding hydrogens is 366 g/mol. The Labute approximate surface area is 163 Å². The predicted molar refractivity (Wildman–Crippen MR) is 103 cm³/mol. The van der Waals surface area contributed by atoms with Crippen molar-refractivity contribution < 1.29 is 19.1 Å². The summed E-state index contributed by atoms with van der Waals surface area (Å²) < 4.78 is 11.0. The van der Waals surface area contributed by atoms with Crippen molar-refractivity contribution in [1.29, 1.82) is 0 Å². The van der Waals surface area contributed by atoms with Crippen LogP contribution in [0.5, 0.6) is 5.75 Å². The lowest BCUT2D eigenvalue weighted by Gasteiger charge is -2.26. The van der Waals surface area contributed by atoms with E-state index in [1.807, 2.05) is 30.3 Å². The van der Waals surface area contributed by atoms with E-state index < -0.39 is 18.0 Å². The molecule has 142 valence electrons. The van der Waals surface area contributed by atoms with E-state index in [1.165, 1.54) is 0 Å². The number of hydrogen-bond donors (Lipinski definition) is 0. The summed E-state index contributed by atoms with van der Waals surface area (Å²) in [6.45, 7) is 2.28. The Morgan fingerprint density at radius 3 is 2.74 bits per heavy atom. The minimum atomic E-state index is -0.855. The van der Waals surface area contributed by atoms with E-state index in [9.17, 15) is 9.59 Å². The second kappa shape index (κ2) is 8.44. The van der Waals surface area contributed by atoms with Crippen molar-refractivity contribution in [2.75, 3.05) is 13.7 Å². The molecule has 0 bridgehead atoms. The standard InChI is InChI=1S/C21H22ClNO4/c1-14(20(24)23(2)12-15-6-4-3-5-7-15)27-21(25)17-10-16-11-18(22)8-9-19(16)26-13-17/h3-9,11,14,17H,10,12-13H2,1-2H3/t14-,17-/m1/s1. The Morgan fingerprint density at radius 2 is 2.00 bits per heavy atom. The van der Waals surface area contributed by atoms with Gasteiger partial charge in [-0.3, -0.25) is 9.59 Å². The Bertz CT molecular complexity index is 824. The number of carbonyl (C=O) groups excluding carboxylic acids is 2. The molecule has 0 N–H and O–H groups in total. The van der Waals surface area contributed by atoms with E-state index >= 15 is 0 Å². The van der Waals surface area contributed by atoms with Crippen LogP contribution in [0.1, 0.15) is 18.1 Å². The zero-order valence-electron chi connectivity index (χ0n) is 15.4. The minimum Gasteiger partial charge on any atom is -0.492 e. The molecule has 2 atom stereocenters. The number of rotatable bonds is 5. The summed E-state index contributed by atoms with van der Waals surface area (Å²) in [6, 6.07) is 15.0. The van der Waals surface area contributed by atoms with Crippen LogP contribution in [0.4, 0.5) is 0 Å². The third-order valence-corrected chi connectivity index (χ3v) is 4.78. The van der Waals surface area contributed by atoms with Crippen molar-refractivity contribution >= 4 is 23.5 Å². The Kier molecular flexibility index (Phi) is 6.01. The summed E-state index contributed by atoms with van der Waals surface area (Å²) >= 11 is 6.01. The summed E-state index contributed by atoms with van der Waals surface area (Å²) in [4.78, 5) is 26.5. The highest BCUT2D eigenvalue weighted by molar-refractivity contribution is 6.30. The van der Waals surface area contributed by atoms with Gasteiger partial charge in [0.25, 0.3) is 5.91 Å². The van der Waals surface area contributed by atoms with Crippen LogP contribution in [-0.2, 0) is 27.3 Å². The molecule has 0 radical (unpaired) electrons. The third kappa shape index (κ3) is 4.80. The smallest absolute Gasteiger partial charge is 0.313 e. The number of ether oxygens (including phenoxy) is 2. The maximum atomic E-state index is 12.5. The van der Waals surface area contributed by atoms with Crippen LogP contribution in [0, 0.1) is 5.92 Å². The van der Waals surface area contributed by atoms with Gasteiger partial charge in [0.2, 0.25) is 0 Å². The van der Waals surface area contributed by atoms with Gasteiger partial charge in [0.15, 0.2) is 6.10 Å². The van der Waals surface area contributed by atoms with Crippen molar-refractivity contribution in [3.05, 3.63) is 64.7 Å². The molecule has 1 amide bonds. The van der Waals surface area contributed by atoms with Gasteiger partial charge in [-0.25, -0.2) is 0 Å². The molecule has 0 aromatic heterocycles. The van der Waals surface area contributed by atoms with Crippen LogP contribution in [0.15, 0.2) is 48.5 Å². The number of amides is 1. The fourth-order valence-electron chi connectivity index (χ4n) is 3.08. The van der Waals surface area contributed by atoms with Crippen molar-refractivity contribution in [2.45, 2.75) is 26.0 Å². The lowest BCUT2D eigenvalue weighted by atomic mass is 9.97. The Balaban J connectivity index is 1.56. The van der Waals surface area contributed by atoms with E-state index in [0.717, 1.165) is 16.9 Å². The summed E-state index contributed by atoms with van der Waals surface area (Å²) in [5.41, 5.74) is 1.89. The first-order valence-electron chi connectivity index (χ1n) is 8.84. The monoisotopic (exact) mass is 387 g/mol. The highest BCUT2D eigenvalue weighted by Crippen LogP contribution is 2.30. The van der Waals surface area contributed by atoms with Crippen LogP contribution in [0.2, 0.25) is 5.02 Å². The van der Waals surface area contributed by atoms with Crippen LogP contribution in [0.3, 0.4) is 0 Å². The predicted octanol–water partition coefficient (Wildman–Crippen LogP) is 3.48. The first-order chi connectivity index (χ1) is 12.9. The van der Waals surface area contributed by atoms with Crippen LogP contribution in [0.25, 0.3) is 0 Å². The normalized spacial score (nSPS) is 16.6. The second-order valence-electron chi connectivity index (χ2n) is 6.72. The van der Waals surface area contributed by atoms with E-state index in [1.54, 1.807) is 37.1 Å². The molecule has 2 aromatic rings. The molecule has 0 unspecified atom stereocenters. The number of carbonyl (C=O) groups is 2. The second-order valence-corrected chi connectivity index (χ2v) is 7.16. The van der Waals surface area contributed by atoms with Gasteiger partial charge in [0.1, 0.15) is 12.4 Å². The highest BCUT2D eigenvalue weighted by Gasteiger charge is 2.30. The molecule has 1 aliphatic rings. The zero-order chi connectivity index (χ0) is 19.4. The zero-order valence-corrected chi connectivity index (χ0v) is 16.1. The number of esters is 1. The molecule has 5 nitrogen and oxygen atoms in total. The van der Waals surface area contributed by atoms with Crippen LogP contribution >= 0.6 is 11.6 Å². The molecule has 1 heterocycles. The topological polar surface area (TPSA) is 55.8 Å². The summed E-state index contributed by atoms with van der Waals surface area (Å²) in [5, 5.41) is 0.595. The van der Waals surface area contributed by atoms with Gasteiger partial charge in [-0.05, 0) is 42.7 Å². The molecule has 0 saturated heterocycles. The molecule has 27 heavy (non-hydrogen) atoms. The number of fused-ring (bicyclic) bond motifs is 1. The number of likely N-dealkylation sites (N-methyl/N-ethyl adjacent to an activating group) is 1. The molecule has 3 rings (SSSR count). The molecule has 0 saturated carbocycles. The van der Waals surface area contributed by atoms with Gasteiger partial charge < -0.3 is 14.4 Å². The first kappa shape index (κ1) is 19.2. The summed E-state index contributed by atoms with van der Waals surface area (Å²) in [5.74, 6) is -0.400. The van der Waals surface area contributed by atoms with Gasteiger partial charge in [0.05, 0.1) is 5.92 Å². The molecule has 0 fully saturated rings. The van der Waals surface area contributed by atoms with Crippen LogP contribution in [-0.4, -0.2) is 36.5 Å². The summed E-state index contributed by atoms with van der Waals surface area (Å²) in [6.07, 6.45) is -0.373. The van der Waals surface area contributed by atoms with Gasteiger partial charge in [-0.2, -0.15) is 0 Å². The molecule has 0 spiro atoms. The van der Waals surface area contributed by atoms with Crippen molar-refractivity contribution in [3.8, 4) is 5.75 Å². The largest absolute Gasteiger partial charge is 0.492 e. The molecule has 6 heteroatoms. The average molecular weight is 388 g/mol. The maximum Gasteiger partial charge on any atom is 0.313 e. The van der Waals surface area contributed by atoms with Gasteiger partial charge in [-0.15, -0.1) is 0 Å². The van der Waals surface area contributed by atoms with Gasteiger partial charge in [-0.1, -0.05) is 41.9 Å². The van der Waals surface area contributed by atoms with Gasteiger partial charge >= 0.3 is 5.97 Å². The number of halogens is 1. The van der Waals surface area contributed by atoms with E-state index in [-0.39, 0.29) is 12.5 Å². The average Bonchev–Trinajstić information content (AvgIpc) is 2.67. The SMILES string of the molecule is C[C@@H](OC(=O)[C@H]1COc2ccc(Cl)cc2C1)C(=O)N(C)Cc1ccccc1. The third-order valence-electron chi connectivity index (χ3n) is 4.54. The lowest BCUT2D eigenvalue weighted by Crippen LogP contribution is -2.39.